The molecule has 5 nitrogen and oxygen atoms in total. The largest absolute Gasteiger partial charge is 0.508 e. The van der Waals surface area contributed by atoms with Crippen molar-refractivity contribution in [3.05, 3.63) is 72.1 Å². The van der Waals surface area contributed by atoms with Gasteiger partial charge in [0.05, 0.1) is 18.0 Å². The Morgan fingerprint density at radius 2 is 1.86 bits per heavy atom. The second-order valence-corrected chi connectivity index (χ2v) is 7.57. The molecule has 3 aromatic rings. The zero-order chi connectivity index (χ0) is 19.3. The molecule has 1 fully saturated rings. The SMILES string of the molecule is Cc1cn(-c2ccccc2)c(OCC2CCN(Cc3cccc(O)c3)CC2)n1. The van der Waals surface area contributed by atoms with Gasteiger partial charge in [0.1, 0.15) is 5.75 Å². The molecule has 0 unspecified atom stereocenters. The summed E-state index contributed by atoms with van der Waals surface area (Å²) in [4.78, 5) is 7.00. The second kappa shape index (κ2) is 8.48. The van der Waals surface area contributed by atoms with Crippen LogP contribution in [0.2, 0.25) is 0 Å². The van der Waals surface area contributed by atoms with Crippen LogP contribution in [0.25, 0.3) is 5.69 Å². The smallest absolute Gasteiger partial charge is 0.301 e. The van der Waals surface area contributed by atoms with Gasteiger partial charge in [-0.3, -0.25) is 9.47 Å². The maximum Gasteiger partial charge on any atom is 0.301 e. The van der Waals surface area contributed by atoms with Gasteiger partial charge in [-0.25, -0.2) is 4.98 Å². The van der Waals surface area contributed by atoms with Crippen molar-refractivity contribution in [2.45, 2.75) is 26.3 Å². The minimum atomic E-state index is 0.338. The topological polar surface area (TPSA) is 50.5 Å². The van der Waals surface area contributed by atoms with Crippen LogP contribution in [0.15, 0.2) is 60.8 Å². The average molecular weight is 377 g/mol. The van der Waals surface area contributed by atoms with E-state index in [2.05, 4.69) is 28.1 Å². The quantitative estimate of drug-likeness (QED) is 0.700. The number of imidazole rings is 1. The summed E-state index contributed by atoms with van der Waals surface area (Å²) in [5, 5.41) is 9.63. The van der Waals surface area contributed by atoms with Crippen molar-refractivity contribution < 1.29 is 9.84 Å². The summed E-state index contributed by atoms with van der Waals surface area (Å²) in [6.45, 7) is 5.68. The molecule has 1 N–H and O–H groups in total. The van der Waals surface area contributed by atoms with Gasteiger partial charge in [-0.2, -0.15) is 0 Å². The van der Waals surface area contributed by atoms with Gasteiger partial charge >= 0.3 is 6.01 Å². The van der Waals surface area contributed by atoms with Crippen LogP contribution in [-0.4, -0.2) is 39.3 Å². The first-order valence-electron chi connectivity index (χ1n) is 9.92. The third-order valence-electron chi connectivity index (χ3n) is 5.30. The standard InChI is InChI=1S/C23H27N3O2/c1-18-15-26(21-7-3-2-4-8-21)23(24-18)28-17-19-10-12-25(13-11-19)16-20-6-5-9-22(27)14-20/h2-9,14-15,19,27H,10-13,16-17H2,1H3. The molecular weight excluding hydrogens is 350 g/mol. The third kappa shape index (κ3) is 4.54. The van der Waals surface area contributed by atoms with E-state index in [1.807, 2.05) is 48.0 Å². The molecule has 0 spiro atoms. The normalized spacial score (nSPS) is 15.6. The molecule has 2 aromatic carbocycles. The number of piperidine rings is 1. The lowest BCUT2D eigenvalue weighted by molar-refractivity contribution is 0.131. The molecule has 1 aromatic heterocycles. The van der Waals surface area contributed by atoms with Gasteiger partial charge in [-0.15, -0.1) is 0 Å². The number of benzene rings is 2. The van der Waals surface area contributed by atoms with E-state index in [1.165, 1.54) is 0 Å². The third-order valence-corrected chi connectivity index (χ3v) is 5.30. The van der Waals surface area contributed by atoms with Crippen LogP contribution < -0.4 is 4.74 Å². The molecule has 0 radical (unpaired) electrons. The van der Waals surface area contributed by atoms with Gasteiger partial charge in [0.2, 0.25) is 0 Å². The van der Waals surface area contributed by atoms with Gasteiger partial charge in [0.15, 0.2) is 0 Å². The van der Waals surface area contributed by atoms with Gasteiger partial charge in [0, 0.05) is 12.7 Å². The van der Waals surface area contributed by atoms with Crippen LogP contribution in [0.5, 0.6) is 11.8 Å². The molecule has 0 saturated carbocycles. The zero-order valence-corrected chi connectivity index (χ0v) is 16.3. The van der Waals surface area contributed by atoms with Crippen LogP contribution in [0.3, 0.4) is 0 Å². The van der Waals surface area contributed by atoms with E-state index in [9.17, 15) is 5.11 Å². The van der Waals surface area contributed by atoms with E-state index in [0.29, 0.717) is 24.3 Å². The number of aryl methyl sites for hydroxylation is 1. The highest BCUT2D eigenvalue weighted by atomic mass is 16.5. The summed E-state index contributed by atoms with van der Waals surface area (Å²) in [5.41, 5.74) is 3.19. The first-order valence-corrected chi connectivity index (χ1v) is 9.92. The van der Waals surface area contributed by atoms with Crippen molar-refractivity contribution in [3.63, 3.8) is 0 Å². The molecule has 1 aliphatic rings. The molecule has 4 rings (SSSR count). The Hall–Kier alpha value is -2.79. The first-order chi connectivity index (χ1) is 13.7. The Morgan fingerprint density at radius 1 is 1.07 bits per heavy atom. The highest BCUT2D eigenvalue weighted by Crippen LogP contribution is 2.23. The maximum absolute atomic E-state index is 9.63. The number of aromatic nitrogens is 2. The average Bonchev–Trinajstić information content (AvgIpc) is 3.09. The Balaban J connectivity index is 1.30. The van der Waals surface area contributed by atoms with E-state index in [1.54, 1.807) is 6.07 Å². The summed E-state index contributed by atoms with van der Waals surface area (Å²) in [6, 6.07) is 18.4. The number of rotatable bonds is 6. The molecule has 28 heavy (non-hydrogen) atoms. The number of hydrogen-bond acceptors (Lipinski definition) is 4. The van der Waals surface area contributed by atoms with E-state index in [4.69, 9.17) is 4.74 Å². The van der Waals surface area contributed by atoms with Gasteiger partial charge < -0.3 is 9.84 Å². The van der Waals surface area contributed by atoms with Crippen molar-refractivity contribution in [3.8, 4) is 17.4 Å². The Morgan fingerprint density at radius 3 is 2.61 bits per heavy atom. The predicted octanol–water partition coefficient (Wildman–Crippen LogP) is 4.18. The number of para-hydroxylation sites is 1. The van der Waals surface area contributed by atoms with Crippen molar-refractivity contribution in [2.75, 3.05) is 19.7 Å². The van der Waals surface area contributed by atoms with Crippen LogP contribution in [-0.2, 0) is 6.54 Å². The van der Waals surface area contributed by atoms with Gasteiger partial charge in [-0.1, -0.05) is 30.3 Å². The van der Waals surface area contributed by atoms with Gasteiger partial charge in [0.25, 0.3) is 0 Å². The van der Waals surface area contributed by atoms with Crippen LogP contribution >= 0.6 is 0 Å². The maximum atomic E-state index is 9.63. The predicted molar refractivity (Wildman–Crippen MR) is 110 cm³/mol. The summed E-state index contributed by atoms with van der Waals surface area (Å²) in [7, 11) is 0. The highest BCUT2D eigenvalue weighted by molar-refractivity contribution is 5.35. The van der Waals surface area contributed by atoms with Crippen LogP contribution in [0.4, 0.5) is 0 Å². The van der Waals surface area contributed by atoms with Crippen molar-refractivity contribution in [1.82, 2.24) is 14.5 Å². The minimum absolute atomic E-state index is 0.338. The first kappa shape index (κ1) is 18.6. The van der Waals surface area contributed by atoms with Crippen molar-refractivity contribution in [2.24, 2.45) is 5.92 Å². The molecule has 1 aliphatic heterocycles. The second-order valence-electron chi connectivity index (χ2n) is 7.57. The summed E-state index contributed by atoms with van der Waals surface area (Å²) >= 11 is 0. The molecule has 1 saturated heterocycles. The number of phenolic OH excluding ortho intramolecular Hbond substituents is 1. The molecule has 0 aliphatic carbocycles. The summed E-state index contributed by atoms with van der Waals surface area (Å²) in [6.07, 6.45) is 4.25. The number of hydrogen-bond donors (Lipinski definition) is 1. The summed E-state index contributed by atoms with van der Waals surface area (Å²) in [5.74, 6) is 0.881. The van der Waals surface area contributed by atoms with E-state index in [0.717, 1.165) is 49.4 Å². The molecular formula is C23H27N3O2. The number of aromatic hydroxyl groups is 1. The molecule has 0 bridgehead atoms. The number of phenols is 1. The number of ether oxygens (including phenoxy) is 1. The lowest BCUT2D eigenvalue weighted by atomic mass is 9.97. The molecule has 2 heterocycles. The van der Waals surface area contributed by atoms with E-state index < -0.39 is 0 Å². The fourth-order valence-corrected chi connectivity index (χ4v) is 3.77. The fraction of sp³-hybridized carbons (Fsp3) is 0.348. The fourth-order valence-electron chi connectivity index (χ4n) is 3.77. The molecule has 0 amide bonds. The Labute approximate surface area is 166 Å². The number of nitrogens with zero attached hydrogens (tertiary/aromatic N) is 3. The molecule has 5 heteroatoms. The zero-order valence-electron chi connectivity index (χ0n) is 16.3. The summed E-state index contributed by atoms with van der Waals surface area (Å²) < 4.78 is 8.14. The van der Waals surface area contributed by atoms with E-state index in [-0.39, 0.29) is 0 Å². The highest BCUT2D eigenvalue weighted by Gasteiger charge is 2.21. The molecule has 0 atom stereocenters. The lowest BCUT2D eigenvalue weighted by Gasteiger charge is -2.31. The van der Waals surface area contributed by atoms with E-state index >= 15 is 0 Å². The monoisotopic (exact) mass is 377 g/mol. The van der Waals surface area contributed by atoms with Gasteiger partial charge in [-0.05, 0) is 68.6 Å². The number of likely N-dealkylation sites (tertiary alicyclic amines) is 1. The van der Waals surface area contributed by atoms with Crippen LogP contribution in [0.1, 0.15) is 24.1 Å². The Kier molecular flexibility index (Phi) is 5.63. The molecule has 146 valence electrons. The van der Waals surface area contributed by atoms with Crippen molar-refractivity contribution >= 4 is 0 Å². The van der Waals surface area contributed by atoms with Crippen LogP contribution in [0, 0.1) is 12.8 Å². The van der Waals surface area contributed by atoms with Crippen molar-refractivity contribution in [1.29, 1.82) is 0 Å². The lowest BCUT2D eigenvalue weighted by Crippen LogP contribution is -2.35. The minimum Gasteiger partial charge on any atom is -0.508 e. The Bertz CT molecular complexity index is 899.